The van der Waals surface area contributed by atoms with Crippen LogP contribution >= 0.6 is 0 Å². The van der Waals surface area contributed by atoms with Crippen molar-refractivity contribution in [3.63, 3.8) is 0 Å². The largest absolute Gasteiger partial charge is 0.491 e. The summed E-state index contributed by atoms with van der Waals surface area (Å²) in [6.07, 6.45) is 1.72. The third kappa shape index (κ3) is 6.60. The topological polar surface area (TPSA) is 41.5 Å². The van der Waals surface area contributed by atoms with Crippen molar-refractivity contribution in [2.75, 3.05) is 19.7 Å². The number of nitrogens with one attached hydrogen (secondary N) is 1. The molecule has 108 valence electrons. The van der Waals surface area contributed by atoms with E-state index in [1.165, 1.54) is 5.56 Å². The van der Waals surface area contributed by atoms with E-state index in [2.05, 4.69) is 38.2 Å². The number of aryl methyl sites for hydroxylation is 1. The van der Waals surface area contributed by atoms with E-state index in [1.807, 2.05) is 12.1 Å². The first kappa shape index (κ1) is 16.0. The van der Waals surface area contributed by atoms with Gasteiger partial charge in [0.25, 0.3) is 0 Å². The van der Waals surface area contributed by atoms with Crippen LogP contribution in [-0.2, 0) is 6.42 Å². The highest BCUT2D eigenvalue weighted by molar-refractivity contribution is 5.27. The van der Waals surface area contributed by atoms with Gasteiger partial charge in [-0.15, -0.1) is 0 Å². The van der Waals surface area contributed by atoms with E-state index < -0.39 is 6.10 Å². The van der Waals surface area contributed by atoms with Crippen molar-refractivity contribution >= 4 is 0 Å². The summed E-state index contributed by atoms with van der Waals surface area (Å²) in [5.74, 6) is 1.47. The summed E-state index contributed by atoms with van der Waals surface area (Å²) in [6, 6.07) is 8.03. The number of aliphatic hydroxyl groups excluding tert-OH is 1. The highest BCUT2D eigenvalue weighted by Crippen LogP contribution is 2.12. The predicted molar refractivity (Wildman–Crippen MR) is 79.6 cm³/mol. The highest BCUT2D eigenvalue weighted by atomic mass is 16.5. The third-order valence-corrected chi connectivity index (χ3v) is 3.34. The third-order valence-electron chi connectivity index (χ3n) is 3.34. The SMILES string of the molecule is CCc1ccc(OCC(O)CNCC(C)CC)cc1. The molecular weight excluding hydrogens is 238 g/mol. The zero-order chi connectivity index (χ0) is 14.1. The molecule has 1 aromatic carbocycles. The van der Waals surface area contributed by atoms with Crippen LogP contribution in [0, 0.1) is 5.92 Å². The minimum Gasteiger partial charge on any atom is -0.491 e. The maximum atomic E-state index is 9.81. The number of aliphatic hydroxyl groups is 1. The lowest BCUT2D eigenvalue weighted by Gasteiger charge is -2.15. The molecule has 0 aliphatic heterocycles. The van der Waals surface area contributed by atoms with E-state index >= 15 is 0 Å². The van der Waals surface area contributed by atoms with Crippen molar-refractivity contribution in [1.29, 1.82) is 0 Å². The Morgan fingerprint density at radius 1 is 1.16 bits per heavy atom. The molecule has 0 aromatic heterocycles. The zero-order valence-electron chi connectivity index (χ0n) is 12.4. The molecule has 1 aromatic rings. The average molecular weight is 265 g/mol. The van der Waals surface area contributed by atoms with Crippen LogP contribution in [0.25, 0.3) is 0 Å². The van der Waals surface area contributed by atoms with Crippen molar-refractivity contribution in [3.05, 3.63) is 29.8 Å². The molecule has 0 radical (unpaired) electrons. The molecule has 2 N–H and O–H groups in total. The second-order valence-electron chi connectivity index (χ2n) is 5.13. The Balaban J connectivity index is 2.20. The van der Waals surface area contributed by atoms with Gasteiger partial charge in [0, 0.05) is 6.54 Å². The Hall–Kier alpha value is -1.06. The molecule has 0 aliphatic rings. The fourth-order valence-corrected chi connectivity index (χ4v) is 1.71. The van der Waals surface area contributed by atoms with Gasteiger partial charge >= 0.3 is 0 Å². The van der Waals surface area contributed by atoms with Crippen LogP contribution < -0.4 is 10.1 Å². The summed E-state index contributed by atoms with van der Waals surface area (Å²) < 4.78 is 5.56. The standard InChI is InChI=1S/C16H27NO2/c1-4-13(3)10-17-11-15(18)12-19-16-8-6-14(5-2)7-9-16/h6-9,13,15,17-18H,4-5,10-12H2,1-3H3. The van der Waals surface area contributed by atoms with E-state index in [0.29, 0.717) is 19.1 Å². The Bertz CT molecular complexity index is 337. The first-order chi connectivity index (χ1) is 9.15. The Kier molecular flexibility index (Phi) is 7.53. The molecule has 2 atom stereocenters. The van der Waals surface area contributed by atoms with Crippen molar-refractivity contribution < 1.29 is 9.84 Å². The summed E-state index contributed by atoms with van der Waals surface area (Å²) in [7, 11) is 0. The van der Waals surface area contributed by atoms with Crippen LogP contribution in [0.2, 0.25) is 0 Å². The van der Waals surface area contributed by atoms with Gasteiger partial charge in [0.15, 0.2) is 0 Å². The molecule has 3 heteroatoms. The molecule has 0 saturated carbocycles. The Labute approximate surface area is 117 Å². The summed E-state index contributed by atoms with van der Waals surface area (Å²) in [5.41, 5.74) is 1.29. The van der Waals surface area contributed by atoms with Crippen LogP contribution in [0.5, 0.6) is 5.75 Å². The molecular formula is C16H27NO2. The monoisotopic (exact) mass is 265 g/mol. The molecule has 0 heterocycles. The highest BCUT2D eigenvalue weighted by Gasteiger charge is 2.06. The first-order valence-corrected chi connectivity index (χ1v) is 7.26. The number of ether oxygens (including phenoxy) is 1. The fraction of sp³-hybridized carbons (Fsp3) is 0.625. The van der Waals surface area contributed by atoms with Crippen molar-refractivity contribution in [3.8, 4) is 5.75 Å². The van der Waals surface area contributed by atoms with Crippen molar-refractivity contribution in [1.82, 2.24) is 5.32 Å². The van der Waals surface area contributed by atoms with Gasteiger partial charge in [0.1, 0.15) is 18.5 Å². The second-order valence-corrected chi connectivity index (χ2v) is 5.13. The lowest BCUT2D eigenvalue weighted by Crippen LogP contribution is -2.33. The molecule has 0 amide bonds. The van der Waals surface area contributed by atoms with Crippen LogP contribution in [0.4, 0.5) is 0 Å². The van der Waals surface area contributed by atoms with Crippen molar-refractivity contribution in [2.24, 2.45) is 5.92 Å². The minimum absolute atomic E-state index is 0.332. The molecule has 0 saturated heterocycles. The van der Waals surface area contributed by atoms with Gasteiger partial charge in [-0.3, -0.25) is 0 Å². The van der Waals surface area contributed by atoms with Crippen LogP contribution in [0.15, 0.2) is 24.3 Å². The van der Waals surface area contributed by atoms with Gasteiger partial charge in [-0.1, -0.05) is 39.3 Å². The number of hydrogen-bond acceptors (Lipinski definition) is 3. The van der Waals surface area contributed by atoms with Crippen LogP contribution in [-0.4, -0.2) is 30.9 Å². The van der Waals surface area contributed by atoms with Gasteiger partial charge in [-0.2, -0.15) is 0 Å². The minimum atomic E-state index is -0.463. The summed E-state index contributed by atoms with van der Waals surface area (Å²) in [6.45, 7) is 8.36. The molecule has 3 nitrogen and oxygen atoms in total. The second kappa shape index (κ2) is 8.94. The zero-order valence-corrected chi connectivity index (χ0v) is 12.4. The van der Waals surface area contributed by atoms with E-state index in [1.54, 1.807) is 0 Å². The van der Waals surface area contributed by atoms with E-state index in [-0.39, 0.29) is 0 Å². The quantitative estimate of drug-likeness (QED) is 0.721. The molecule has 0 bridgehead atoms. The number of rotatable bonds is 9. The summed E-state index contributed by atoms with van der Waals surface area (Å²) >= 11 is 0. The van der Waals surface area contributed by atoms with E-state index in [4.69, 9.17) is 4.74 Å². The smallest absolute Gasteiger partial charge is 0.119 e. The lowest BCUT2D eigenvalue weighted by molar-refractivity contribution is 0.105. The molecule has 0 aliphatic carbocycles. The fourth-order valence-electron chi connectivity index (χ4n) is 1.71. The molecule has 0 spiro atoms. The van der Waals surface area contributed by atoms with Gasteiger partial charge in [0.05, 0.1) is 0 Å². The molecule has 2 unspecified atom stereocenters. The summed E-state index contributed by atoms with van der Waals surface area (Å²) in [5, 5.41) is 13.1. The lowest BCUT2D eigenvalue weighted by atomic mass is 10.1. The van der Waals surface area contributed by atoms with Gasteiger partial charge in [-0.25, -0.2) is 0 Å². The van der Waals surface area contributed by atoms with E-state index in [9.17, 15) is 5.11 Å². The predicted octanol–water partition coefficient (Wildman–Crippen LogP) is 2.62. The molecule has 1 rings (SSSR count). The van der Waals surface area contributed by atoms with E-state index in [0.717, 1.165) is 25.1 Å². The van der Waals surface area contributed by atoms with Gasteiger partial charge in [-0.05, 0) is 36.6 Å². The van der Waals surface area contributed by atoms with Crippen molar-refractivity contribution in [2.45, 2.75) is 39.7 Å². The molecule has 0 fully saturated rings. The maximum Gasteiger partial charge on any atom is 0.119 e. The molecule has 19 heavy (non-hydrogen) atoms. The number of benzene rings is 1. The van der Waals surface area contributed by atoms with Crippen LogP contribution in [0.1, 0.15) is 32.8 Å². The van der Waals surface area contributed by atoms with Gasteiger partial charge < -0.3 is 15.2 Å². The van der Waals surface area contributed by atoms with Crippen LogP contribution in [0.3, 0.4) is 0 Å². The first-order valence-electron chi connectivity index (χ1n) is 7.26. The average Bonchev–Trinajstić information content (AvgIpc) is 2.45. The van der Waals surface area contributed by atoms with Gasteiger partial charge in [0.2, 0.25) is 0 Å². The maximum absolute atomic E-state index is 9.81. The Morgan fingerprint density at radius 2 is 1.84 bits per heavy atom. The number of hydrogen-bond donors (Lipinski definition) is 2. The Morgan fingerprint density at radius 3 is 2.42 bits per heavy atom. The summed E-state index contributed by atoms with van der Waals surface area (Å²) in [4.78, 5) is 0. The normalized spacial score (nSPS) is 14.1.